The molecule has 436 valence electrons. The van der Waals surface area contributed by atoms with Gasteiger partial charge in [0.15, 0.2) is 6.10 Å². The summed E-state index contributed by atoms with van der Waals surface area (Å²) in [6, 6.07) is 0. The molecule has 0 aromatic heterocycles. The average molecular weight is 1040 g/mol. The van der Waals surface area contributed by atoms with Crippen LogP contribution >= 0.6 is 0 Å². The van der Waals surface area contributed by atoms with Gasteiger partial charge in [-0.25, -0.2) is 0 Å². The Labute approximate surface area is 462 Å². The first-order chi connectivity index (χ1) is 36.5. The molecule has 0 bridgehead atoms. The third kappa shape index (κ3) is 60.8. The molecular formula is C68H128O6. The molecule has 0 radical (unpaired) electrons. The zero-order valence-electron chi connectivity index (χ0n) is 50.1. The van der Waals surface area contributed by atoms with Crippen LogP contribution in [0.5, 0.6) is 0 Å². The fraction of sp³-hybridized carbons (Fsp3) is 0.897. The Kier molecular flexibility index (Phi) is 61.6. The summed E-state index contributed by atoms with van der Waals surface area (Å²) < 4.78 is 16.9. The van der Waals surface area contributed by atoms with Crippen LogP contribution in [0, 0.1) is 0 Å². The average Bonchev–Trinajstić information content (AvgIpc) is 3.40. The van der Waals surface area contributed by atoms with Crippen molar-refractivity contribution >= 4 is 17.9 Å². The van der Waals surface area contributed by atoms with Gasteiger partial charge in [-0.1, -0.05) is 308 Å². The monoisotopic (exact) mass is 1040 g/mol. The van der Waals surface area contributed by atoms with Crippen LogP contribution in [0.2, 0.25) is 0 Å². The molecule has 0 saturated carbocycles. The van der Waals surface area contributed by atoms with E-state index in [0.29, 0.717) is 19.3 Å². The van der Waals surface area contributed by atoms with Crippen LogP contribution in [0.3, 0.4) is 0 Å². The lowest BCUT2D eigenvalue weighted by molar-refractivity contribution is -0.167. The van der Waals surface area contributed by atoms with Crippen LogP contribution in [0.1, 0.15) is 374 Å². The standard InChI is InChI=1S/C68H128O6/c1-4-7-10-13-16-19-21-23-25-27-29-31-33-34-36-37-39-41-43-45-47-49-52-55-58-61-67(70)73-64-65(63-72-66(69)60-57-54-51-18-15-12-9-6-3)74-68(71)62-59-56-53-50-48-46-44-42-40-38-35-32-30-28-26-24-22-20-17-14-11-8-5-2/h27-30,65H,4-26,31-64H2,1-3H3/b29-27-,30-28-. The van der Waals surface area contributed by atoms with E-state index in [1.165, 1.54) is 276 Å². The first-order valence-corrected chi connectivity index (χ1v) is 33.3. The summed E-state index contributed by atoms with van der Waals surface area (Å²) >= 11 is 0. The number of ether oxygens (including phenoxy) is 3. The Hall–Kier alpha value is -2.11. The van der Waals surface area contributed by atoms with Crippen LogP contribution in [0.15, 0.2) is 24.3 Å². The zero-order valence-corrected chi connectivity index (χ0v) is 50.1. The SMILES string of the molecule is CCCCCCCCCC/C=C\CCCCCCCCCCCCCCCC(=O)OCC(COC(=O)CCCCCCCCCC)OC(=O)CCCCCCCCCCCCC/C=C\CCCCCCCCCC. The molecule has 0 aliphatic rings. The summed E-state index contributed by atoms with van der Waals surface area (Å²) in [7, 11) is 0. The highest BCUT2D eigenvalue weighted by Gasteiger charge is 2.19. The maximum Gasteiger partial charge on any atom is 0.306 e. The van der Waals surface area contributed by atoms with E-state index in [2.05, 4.69) is 45.1 Å². The van der Waals surface area contributed by atoms with E-state index in [0.717, 1.165) is 57.8 Å². The van der Waals surface area contributed by atoms with Crippen molar-refractivity contribution in [3.63, 3.8) is 0 Å². The molecule has 0 aliphatic carbocycles. The lowest BCUT2D eigenvalue weighted by Crippen LogP contribution is -2.30. The molecule has 1 atom stereocenters. The second-order valence-electron chi connectivity index (χ2n) is 22.7. The first-order valence-electron chi connectivity index (χ1n) is 33.3. The van der Waals surface area contributed by atoms with E-state index >= 15 is 0 Å². The molecule has 6 nitrogen and oxygen atoms in total. The van der Waals surface area contributed by atoms with Gasteiger partial charge in [-0.2, -0.15) is 0 Å². The van der Waals surface area contributed by atoms with E-state index < -0.39 is 6.10 Å². The molecule has 0 rings (SSSR count). The number of esters is 3. The van der Waals surface area contributed by atoms with Crippen molar-refractivity contribution in [3.05, 3.63) is 24.3 Å². The summed E-state index contributed by atoms with van der Waals surface area (Å²) in [6.45, 7) is 6.67. The molecule has 0 fully saturated rings. The van der Waals surface area contributed by atoms with Crippen molar-refractivity contribution in [1.29, 1.82) is 0 Å². The largest absolute Gasteiger partial charge is 0.462 e. The lowest BCUT2D eigenvalue weighted by atomic mass is 10.0. The van der Waals surface area contributed by atoms with E-state index in [4.69, 9.17) is 14.2 Å². The smallest absolute Gasteiger partial charge is 0.306 e. The summed E-state index contributed by atoms with van der Waals surface area (Å²) in [5.74, 6) is -0.847. The predicted octanol–water partition coefficient (Wildman–Crippen LogP) is 22.6. The second kappa shape index (κ2) is 63.4. The minimum atomic E-state index is -0.767. The Morgan fingerprint density at radius 2 is 0.446 bits per heavy atom. The van der Waals surface area contributed by atoms with Gasteiger partial charge in [0.2, 0.25) is 0 Å². The van der Waals surface area contributed by atoms with Gasteiger partial charge in [0.05, 0.1) is 0 Å². The molecule has 1 unspecified atom stereocenters. The number of carbonyl (C=O) groups is 3. The number of carbonyl (C=O) groups excluding carboxylic acids is 3. The number of hydrogen-bond acceptors (Lipinski definition) is 6. The normalized spacial score (nSPS) is 12.1. The molecule has 0 aromatic rings. The van der Waals surface area contributed by atoms with E-state index in [1.54, 1.807) is 0 Å². The first kappa shape index (κ1) is 71.9. The van der Waals surface area contributed by atoms with Gasteiger partial charge < -0.3 is 14.2 Å². The van der Waals surface area contributed by atoms with Crippen LogP contribution in [-0.4, -0.2) is 37.2 Å². The van der Waals surface area contributed by atoms with Crippen LogP contribution in [0.4, 0.5) is 0 Å². The molecular weight excluding hydrogens is 913 g/mol. The third-order valence-electron chi connectivity index (χ3n) is 15.2. The maximum atomic E-state index is 12.9. The van der Waals surface area contributed by atoms with Gasteiger partial charge in [-0.3, -0.25) is 14.4 Å². The highest BCUT2D eigenvalue weighted by molar-refractivity contribution is 5.71. The highest BCUT2D eigenvalue weighted by Crippen LogP contribution is 2.18. The second-order valence-corrected chi connectivity index (χ2v) is 22.7. The summed E-state index contributed by atoms with van der Waals surface area (Å²) in [4.78, 5) is 38.2. The summed E-state index contributed by atoms with van der Waals surface area (Å²) in [5.41, 5.74) is 0. The van der Waals surface area contributed by atoms with Gasteiger partial charge in [-0.05, 0) is 70.6 Å². The summed E-state index contributed by atoms with van der Waals surface area (Å²) in [6.07, 6.45) is 76.4. The van der Waals surface area contributed by atoms with Gasteiger partial charge in [-0.15, -0.1) is 0 Å². The number of unbranched alkanes of at least 4 members (excludes halogenated alkanes) is 47. The molecule has 0 spiro atoms. The molecule has 0 heterocycles. The van der Waals surface area contributed by atoms with Crippen molar-refractivity contribution < 1.29 is 28.6 Å². The van der Waals surface area contributed by atoms with Crippen LogP contribution < -0.4 is 0 Å². The number of rotatable bonds is 62. The number of allylic oxidation sites excluding steroid dienone is 4. The van der Waals surface area contributed by atoms with Gasteiger partial charge in [0, 0.05) is 19.3 Å². The van der Waals surface area contributed by atoms with Crippen molar-refractivity contribution in [2.45, 2.75) is 380 Å². The van der Waals surface area contributed by atoms with Gasteiger partial charge >= 0.3 is 17.9 Å². The molecule has 0 saturated heterocycles. The third-order valence-corrected chi connectivity index (χ3v) is 15.2. The van der Waals surface area contributed by atoms with Gasteiger partial charge in [0.1, 0.15) is 13.2 Å². The zero-order chi connectivity index (χ0) is 53.6. The van der Waals surface area contributed by atoms with E-state index in [-0.39, 0.29) is 31.1 Å². The topological polar surface area (TPSA) is 78.9 Å². The highest BCUT2D eigenvalue weighted by atomic mass is 16.6. The van der Waals surface area contributed by atoms with Crippen molar-refractivity contribution in [1.82, 2.24) is 0 Å². The number of hydrogen-bond donors (Lipinski definition) is 0. The molecule has 6 heteroatoms. The maximum absolute atomic E-state index is 12.9. The van der Waals surface area contributed by atoms with Crippen molar-refractivity contribution in [3.8, 4) is 0 Å². The van der Waals surface area contributed by atoms with E-state index in [9.17, 15) is 14.4 Å². The fourth-order valence-electron chi connectivity index (χ4n) is 10.1. The van der Waals surface area contributed by atoms with E-state index in [1.807, 2.05) is 0 Å². The van der Waals surface area contributed by atoms with Crippen molar-refractivity contribution in [2.24, 2.45) is 0 Å². The molecule has 0 aromatic carbocycles. The molecule has 74 heavy (non-hydrogen) atoms. The summed E-state index contributed by atoms with van der Waals surface area (Å²) in [5, 5.41) is 0. The Bertz CT molecular complexity index is 1190. The van der Waals surface area contributed by atoms with Crippen LogP contribution in [0.25, 0.3) is 0 Å². The molecule has 0 N–H and O–H groups in total. The molecule has 0 amide bonds. The van der Waals surface area contributed by atoms with Gasteiger partial charge in [0.25, 0.3) is 0 Å². The van der Waals surface area contributed by atoms with Crippen molar-refractivity contribution in [2.75, 3.05) is 13.2 Å². The Balaban J connectivity index is 4.10. The minimum Gasteiger partial charge on any atom is -0.462 e. The lowest BCUT2D eigenvalue weighted by Gasteiger charge is -2.18. The quantitative estimate of drug-likeness (QED) is 0.0261. The minimum absolute atomic E-state index is 0.0666. The van der Waals surface area contributed by atoms with Crippen LogP contribution in [-0.2, 0) is 28.6 Å². The Morgan fingerprint density at radius 1 is 0.257 bits per heavy atom. The molecule has 0 aliphatic heterocycles. The predicted molar refractivity (Wildman–Crippen MR) is 321 cm³/mol. The fourth-order valence-corrected chi connectivity index (χ4v) is 10.1. The Morgan fingerprint density at radius 3 is 0.676 bits per heavy atom.